The van der Waals surface area contributed by atoms with Crippen LogP contribution in [0.2, 0.25) is 0 Å². The highest BCUT2D eigenvalue weighted by Gasteiger charge is 2.42. The molecular formula is C24H22O2. The van der Waals surface area contributed by atoms with Gasteiger partial charge in [-0.25, -0.2) is 0 Å². The van der Waals surface area contributed by atoms with Crippen molar-refractivity contribution in [1.29, 1.82) is 0 Å². The molecule has 1 fully saturated rings. The van der Waals surface area contributed by atoms with Crippen molar-refractivity contribution in [2.75, 3.05) is 0 Å². The smallest absolute Gasteiger partial charge is 0.128 e. The fourth-order valence-electron chi connectivity index (χ4n) is 5.75. The Kier molecular flexibility index (Phi) is 2.84. The molecule has 0 aromatic heterocycles. The average Bonchev–Trinajstić information content (AvgIpc) is 2.84. The van der Waals surface area contributed by atoms with Crippen LogP contribution in [0.3, 0.4) is 0 Å². The molecular weight excluding hydrogens is 320 g/mol. The molecule has 1 heterocycles. The maximum Gasteiger partial charge on any atom is 0.128 e. The second kappa shape index (κ2) is 5.03. The van der Waals surface area contributed by atoms with Gasteiger partial charge in [0.2, 0.25) is 0 Å². The van der Waals surface area contributed by atoms with Crippen molar-refractivity contribution >= 4 is 10.8 Å². The first kappa shape index (κ1) is 14.7. The fraction of sp³-hybridized carbons (Fsp3) is 0.333. The number of hydrogen-bond acceptors (Lipinski definition) is 2. The molecule has 1 spiro atoms. The molecule has 0 saturated heterocycles. The highest BCUT2D eigenvalue weighted by Crippen LogP contribution is 2.56. The van der Waals surface area contributed by atoms with Gasteiger partial charge in [-0.3, -0.25) is 0 Å². The Labute approximate surface area is 153 Å². The Morgan fingerprint density at radius 1 is 0.885 bits per heavy atom. The van der Waals surface area contributed by atoms with Crippen LogP contribution in [0.15, 0.2) is 42.5 Å². The molecule has 2 aliphatic carbocycles. The van der Waals surface area contributed by atoms with Crippen LogP contribution in [0.5, 0.6) is 11.5 Å². The molecule has 6 rings (SSSR count). The van der Waals surface area contributed by atoms with E-state index in [1.165, 1.54) is 59.9 Å². The average molecular weight is 342 g/mol. The van der Waals surface area contributed by atoms with Gasteiger partial charge in [-0.15, -0.1) is 0 Å². The summed E-state index contributed by atoms with van der Waals surface area (Å²) >= 11 is 0. The quantitative estimate of drug-likeness (QED) is 0.554. The second-order valence-electron chi connectivity index (χ2n) is 8.25. The highest BCUT2D eigenvalue weighted by atomic mass is 16.5. The van der Waals surface area contributed by atoms with E-state index >= 15 is 0 Å². The zero-order valence-electron chi connectivity index (χ0n) is 14.8. The molecule has 1 aliphatic heterocycles. The minimum absolute atomic E-state index is 0.169. The maximum atomic E-state index is 10.9. The van der Waals surface area contributed by atoms with Crippen molar-refractivity contribution in [3.8, 4) is 22.6 Å². The molecule has 0 radical (unpaired) electrons. The first-order valence-electron chi connectivity index (χ1n) is 9.80. The Morgan fingerprint density at radius 2 is 1.69 bits per heavy atom. The van der Waals surface area contributed by atoms with Gasteiger partial charge < -0.3 is 9.84 Å². The lowest BCUT2D eigenvalue weighted by atomic mass is 9.60. The summed E-state index contributed by atoms with van der Waals surface area (Å²) in [6.07, 6.45) is 7.43. The minimum atomic E-state index is 0.169. The molecule has 26 heavy (non-hydrogen) atoms. The third-order valence-corrected chi connectivity index (χ3v) is 6.88. The number of aromatic hydroxyl groups is 1. The minimum Gasteiger partial charge on any atom is -0.507 e. The van der Waals surface area contributed by atoms with Gasteiger partial charge in [0.15, 0.2) is 0 Å². The topological polar surface area (TPSA) is 29.5 Å². The molecule has 130 valence electrons. The third-order valence-electron chi connectivity index (χ3n) is 6.88. The first-order valence-corrected chi connectivity index (χ1v) is 9.80. The van der Waals surface area contributed by atoms with Crippen LogP contribution in [0.25, 0.3) is 21.9 Å². The number of ether oxygens (including phenoxy) is 1. The molecule has 1 N–H and O–H groups in total. The van der Waals surface area contributed by atoms with Crippen LogP contribution in [0.1, 0.15) is 48.8 Å². The fourth-order valence-corrected chi connectivity index (χ4v) is 5.75. The van der Waals surface area contributed by atoms with Crippen LogP contribution in [-0.2, 0) is 18.4 Å². The van der Waals surface area contributed by atoms with E-state index in [4.69, 9.17) is 4.74 Å². The standard InChI is InChI=1S/C24H22O2/c25-19-12-18-23-21-15(13-24(18)10-2-1-3-11-24)6-4-7-16(21)14-26-20-9-5-8-17(19)22(20)23/h4-9,12,25H,1-3,10-11,13-14H2. The molecule has 2 heteroatoms. The van der Waals surface area contributed by atoms with Crippen LogP contribution in [-0.4, -0.2) is 5.11 Å². The first-order chi connectivity index (χ1) is 12.8. The van der Waals surface area contributed by atoms with Crippen molar-refractivity contribution in [3.63, 3.8) is 0 Å². The largest absolute Gasteiger partial charge is 0.507 e. The zero-order chi connectivity index (χ0) is 17.3. The van der Waals surface area contributed by atoms with Crippen molar-refractivity contribution < 1.29 is 9.84 Å². The van der Waals surface area contributed by atoms with E-state index in [0.29, 0.717) is 12.4 Å². The SMILES string of the molecule is Oc1cc2c3c4c(cccc14)OCc1cccc(c1-3)CC21CCCCC1. The van der Waals surface area contributed by atoms with E-state index < -0.39 is 0 Å². The van der Waals surface area contributed by atoms with Crippen molar-refractivity contribution in [2.24, 2.45) is 0 Å². The summed E-state index contributed by atoms with van der Waals surface area (Å²) in [5.74, 6) is 1.31. The molecule has 0 bridgehead atoms. The van der Waals surface area contributed by atoms with E-state index in [-0.39, 0.29) is 5.41 Å². The number of fused-ring (bicyclic) bond motifs is 1. The predicted octanol–water partition coefficient (Wildman–Crippen LogP) is 5.86. The Bertz CT molecular complexity index is 1060. The van der Waals surface area contributed by atoms with Crippen LogP contribution in [0.4, 0.5) is 0 Å². The molecule has 3 aromatic rings. The van der Waals surface area contributed by atoms with E-state index in [1.54, 1.807) is 0 Å². The van der Waals surface area contributed by atoms with Crippen LogP contribution >= 0.6 is 0 Å². The summed E-state index contributed by atoms with van der Waals surface area (Å²) in [5.41, 5.74) is 6.97. The predicted molar refractivity (Wildman–Crippen MR) is 104 cm³/mol. The summed E-state index contributed by atoms with van der Waals surface area (Å²) in [7, 11) is 0. The van der Waals surface area contributed by atoms with Crippen molar-refractivity contribution in [2.45, 2.75) is 50.5 Å². The molecule has 0 amide bonds. The second-order valence-corrected chi connectivity index (χ2v) is 8.25. The summed E-state index contributed by atoms with van der Waals surface area (Å²) < 4.78 is 6.20. The van der Waals surface area contributed by atoms with Gasteiger partial charge in [0, 0.05) is 16.2 Å². The number of phenolic OH excluding ortho intramolecular Hbond substituents is 1. The number of hydrogen-bond donors (Lipinski definition) is 1. The summed E-state index contributed by atoms with van der Waals surface area (Å²) in [6, 6.07) is 14.8. The van der Waals surface area contributed by atoms with Crippen LogP contribution < -0.4 is 4.74 Å². The van der Waals surface area contributed by atoms with Gasteiger partial charge >= 0.3 is 0 Å². The van der Waals surface area contributed by atoms with Crippen LogP contribution in [0, 0.1) is 0 Å². The molecule has 2 nitrogen and oxygen atoms in total. The molecule has 0 atom stereocenters. The van der Waals surface area contributed by atoms with Gasteiger partial charge in [-0.2, -0.15) is 0 Å². The summed E-state index contributed by atoms with van der Waals surface area (Å²) in [4.78, 5) is 0. The van der Waals surface area contributed by atoms with Gasteiger partial charge in [-0.05, 0) is 59.2 Å². The lowest BCUT2D eigenvalue weighted by molar-refractivity contribution is 0.287. The van der Waals surface area contributed by atoms with Crippen molar-refractivity contribution in [3.05, 3.63) is 59.2 Å². The van der Waals surface area contributed by atoms with Gasteiger partial charge in [0.05, 0.1) is 0 Å². The molecule has 3 aliphatic rings. The van der Waals surface area contributed by atoms with E-state index in [1.807, 2.05) is 12.1 Å². The normalized spacial score (nSPS) is 19.2. The summed E-state index contributed by atoms with van der Waals surface area (Å²) in [6.45, 7) is 0.601. The van der Waals surface area contributed by atoms with Gasteiger partial charge in [0.25, 0.3) is 0 Å². The number of benzene rings is 3. The Balaban J connectivity index is 1.81. The van der Waals surface area contributed by atoms with E-state index in [0.717, 1.165) is 22.9 Å². The van der Waals surface area contributed by atoms with Gasteiger partial charge in [0.1, 0.15) is 18.1 Å². The van der Waals surface area contributed by atoms with E-state index in [2.05, 4.69) is 30.3 Å². The highest BCUT2D eigenvalue weighted by molar-refractivity contribution is 6.07. The lowest BCUT2D eigenvalue weighted by Crippen LogP contribution is -2.35. The number of phenols is 1. The molecule has 0 unspecified atom stereocenters. The zero-order valence-corrected chi connectivity index (χ0v) is 14.8. The third kappa shape index (κ3) is 1.77. The molecule has 1 saturated carbocycles. The lowest BCUT2D eigenvalue weighted by Gasteiger charge is -2.43. The van der Waals surface area contributed by atoms with Gasteiger partial charge in [-0.1, -0.05) is 49.6 Å². The maximum absolute atomic E-state index is 10.9. The molecule has 3 aromatic carbocycles. The Morgan fingerprint density at radius 3 is 2.58 bits per heavy atom. The Hall–Kier alpha value is -2.48. The van der Waals surface area contributed by atoms with E-state index in [9.17, 15) is 5.11 Å². The van der Waals surface area contributed by atoms with Crippen molar-refractivity contribution in [1.82, 2.24) is 0 Å². The number of rotatable bonds is 0. The summed E-state index contributed by atoms with van der Waals surface area (Å²) in [5, 5.41) is 12.9. The monoisotopic (exact) mass is 342 g/mol.